The van der Waals surface area contributed by atoms with Crippen LogP contribution in [0.15, 0.2) is 18.2 Å². The number of hydrogen-bond acceptors (Lipinski definition) is 2. The van der Waals surface area contributed by atoms with Gasteiger partial charge in [-0.2, -0.15) is 0 Å². The fourth-order valence-corrected chi connectivity index (χ4v) is 2.19. The van der Waals surface area contributed by atoms with Gasteiger partial charge in [-0.3, -0.25) is 0 Å². The molecular formula is C15H26N2. The normalized spacial score (nSPS) is 12.5. The summed E-state index contributed by atoms with van der Waals surface area (Å²) in [4.78, 5) is 2.26. The maximum absolute atomic E-state index is 6.13. The first-order valence-corrected chi connectivity index (χ1v) is 6.58. The number of aryl methyl sites for hydroxylation is 2. The van der Waals surface area contributed by atoms with Gasteiger partial charge in [0.05, 0.1) is 0 Å². The third kappa shape index (κ3) is 4.78. The highest BCUT2D eigenvalue weighted by Gasteiger charge is 2.07. The summed E-state index contributed by atoms with van der Waals surface area (Å²) in [7, 11) is 2.13. The molecule has 17 heavy (non-hydrogen) atoms. The van der Waals surface area contributed by atoms with Crippen LogP contribution in [0.3, 0.4) is 0 Å². The van der Waals surface area contributed by atoms with Crippen LogP contribution in [0.2, 0.25) is 0 Å². The number of nitrogens with two attached hydrogens (primary N) is 1. The quantitative estimate of drug-likeness (QED) is 0.818. The molecule has 0 aliphatic rings. The predicted molar refractivity (Wildman–Crippen MR) is 76.7 cm³/mol. The van der Waals surface area contributed by atoms with Crippen LogP contribution in [0.25, 0.3) is 0 Å². The summed E-state index contributed by atoms with van der Waals surface area (Å²) >= 11 is 0. The summed E-state index contributed by atoms with van der Waals surface area (Å²) in [5.41, 5.74) is 10.0. The summed E-state index contributed by atoms with van der Waals surface area (Å²) in [5, 5.41) is 0. The molecule has 0 aliphatic carbocycles. The highest BCUT2D eigenvalue weighted by Crippen LogP contribution is 2.17. The van der Waals surface area contributed by atoms with Crippen LogP contribution in [0, 0.1) is 13.8 Å². The van der Waals surface area contributed by atoms with Crippen LogP contribution in [-0.4, -0.2) is 19.6 Å². The van der Waals surface area contributed by atoms with Crippen molar-refractivity contribution in [2.45, 2.75) is 46.1 Å². The second-order valence-corrected chi connectivity index (χ2v) is 5.13. The summed E-state index contributed by atoms with van der Waals surface area (Å²) < 4.78 is 0. The molecule has 1 aromatic rings. The molecule has 0 fully saturated rings. The van der Waals surface area contributed by atoms with Crippen molar-refractivity contribution in [3.63, 3.8) is 0 Å². The minimum atomic E-state index is 0.278. The second kappa shape index (κ2) is 6.65. The molecule has 0 saturated carbocycles. The Kier molecular flexibility index (Phi) is 5.49. The Labute approximate surface area is 106 Å². The van der Waals surface area contributed by atoms with Gasteiger partial charge in [0.25, 0.3) is 0 Å². The van der Waals surface area contributed by atoms with Gasteiger partial charge in [0.2, 0.25) is 0 Å². The maximum atomic E-state index is 6.13. The standard InChI is InChI=1S/C15H26N2/c1-5-6-7-14(16)11-17(4)15-9-12(2)8-13(3)10-15/h8-10,14H,5-7,11,16H2,1-4H3. The van der Waals surface area contributed by atoms with Crippen LogP contribution >= 0.6 is 0 Å². The lowest BCUT2D eigenvalue weighted by atomic mass is 10.1. The lowest BCUT2D eigenvalue weighted by molar-refractivity contribution is 0.573. The van der Waals surface area contributed by atoms with E-state index in [9.17, 15) is 0 Å². The van der Waals surface area contributed by atoms with E-state index in [1.54, 1.807) is 0 Å². The molecule has 0 bridgehead atoms. The average Bonchev–Trinajstić information content (AvgIpc) is 2.25. The first-order valence-electron chi connectivity index (χ1n) is 6.58. The van der Waals surface area contributed by atoms with E-state index in [0.29, 0.717) is 0 Å². The highest BCUT2D eigenvalue weighted by molar-refractivity contribution is 5.50. The van der Waals surface area contributed by atoms with E-state index in [4.69, 9.17) is 5.73 Å². The van der Waals surface area contributed by atoms with Gasteiger partial charge in [0.15, 0.2) is 0 Å². The van der Waals surface area contributed by atoms with Crippen molar-refractivity contribution in [1.29, 1.82) is 0 Å². The molecule has 0 radical (unpaired) electrons. The number of benzene rings is 1. The number of rotatable bonds is 6. The molecule has 0 aliphatic heterocycles. The Morgan fingerprint density at radius 1 is 1.18 bits per heavy atom. The van der Waals surface area contributed by atoms with Crippen LogP contribution in [0.1, 0.15) is 37.3 Å². The average molecular weight is 234 g/mol. The topological polar surface area (TPSA) is 29.3 Å². The lowest BCUT2D eigenvalue weighted by Gasteiger charge is -2.24. The smallest absolute Gasteiger partial charge is 0.0369 e. The zero-order valence-electron chi connectivity index (χ0n) is 11.7. The molecule has 1 unspecified atom stereocenters. The van der Waals surface area contributed by atoms with Crippen LogP contribution in [0.5, 0.6) is 0 Å². The molecular weight excluding hydrogens is 208 g/mol. The Balaban J connectivity index is 2.59. The van der Waals surface area contributed by atoms with Crippen molar-refractivity contribution in [2.24, 2.45) is 5.73 Å². The Morgan fingerprint density at radius 3 is 2.29 bits per heavy atom. The van der Waals surface area contributed by atoms with Gasteiger partial charge in [-0.25, -0.2) is 0 Å². The molecule has 0 aromatic heterocycles. The zero-order chi connectivity index (χ0) is 12.8. The molecule has 1 atom stereocenters. The fourth-order valence-electron chi connectivity index (χ4n) is 2.19. The number of hydrogen-bond donors (Lipinski definition) is 1. The van der Waals surface area contributed by atoms with Gasteiger partial charge in [0, 0.05) is 25.3 Å². The molecule has 2 heteroatoms. The Morgan fingerprint density at radius 2 is 1.76 bits per heavy atom. The summed E-state index contributed by atoms with van der Waals surface area (Å²) in [6.07, 6.45) is 3.56. The van der Waals surface area contributed by atoms with E-state index in [2.05, 4.69) is 50.9 Å². The molecule has 0 spiro atoms. The first-order chi connectivity index (χ1) is 8.02. The molecule has 1 rings (SSSR count). The van der Waals surface area contributed by atoms with Crippen molar-refractivity contribution in [3.8, 4) is 0 Å². The van der Waals surface area contributed by atoms with Crippen LogP contribution in [-0.2, 0) is 0 Å². The van der Waals surface area contributed by atoms with E-state index in [-0.39, 0.29) is 6.04 Å². The molecule has 2 nitrogen and oxygen atoms in total. The van der Waals surface area contributed by atoms with Gasteiger partial charge in [-0.05, 0) is 43.5 Å². The largest absolute Gasteiger partial charge is 0.373 e. The predicted octanol–water partition coefficient (Wildman–Crippen LogP) is 3.26. The van der Waals surface area contributed by atoms with Gasteiger partial charge >= 0.3 is 0 Å². The van der Waals surface area contributed by atoms with E-state index >= 15 is 0 Å². The van der Waals surface area contributed by atoms with Gasteiger partial charge in [-0.1, -0.05) is 25.8 Å². The summed E-state index contributed by atoms with van der Waals surface area (Å²) in [6, 6.07) is 6.92. The lowest BCUT2D eigenvalue weighted by Crippen LogP contribution is -2.35. The number of nitrogens with zero attached hydrogens (tertiary/aromatic N) is 1. The maximum Gasteiger partial charge on any atom is 0.0369 e. The SMILES string of the molecule is CCCCC(N)CN(C)c1cc(C)cc(C)c1. The Hall–Kier alpha value is -1.02. The number of unbranched alkanes of at least 4 members (excludes halogenated alkanes) is 1. The molecule has 0 heterocycles. The van der Waals surface area contributed by atoms with E-state index in [1.165, 1.54) is 29.7 Å². The minimum Gasteiger partial charge on any atom is -0.373 e. The minimum absolute atomic E-state index is 0.278. The number of anilines is 1. The highest BCUT2D eigenvalue weighted by atomic mass is 15.1. The monoisotopic (exact) mass is 234 g/mol. The van der Waals surface area contributed by atoms with Gasteiger partial charge < -0.3 is 10.6 Å². The van der Waals surface area contributed by atoms with Crippen molar-refractivity contribution in [2.75, 3.05) is 18.5 Å². The van der Waals surface area contributed by atoms with Crippen molar-refractivity contribution in [1.82, 2.24) is 0 Å². The molecule has 0 amide bonds. The second-order valence-electron chi connectivity index (χ2n) is 5.13. The van der Waals surface area contributed by atoms with Crippen LogP contribution < -0.4 is 10.6 Å². The van der Waals surface area contributed by atoms with Crippen molar-refractivity contribution in [3.05, 3.63) is 29.3 Å². The van der Waals surface area contributed by atoms with Crippen molar-refractivity contribution >= 4 is 5.69 Å². The summed E-state index contributed by atoms with van der Waals surface area (Å²) in [6.45, 7) is 7.42. The number of likely N-dealkylation sites (N-methyl/N-ethyl adjacent to an activating group) is 1. The fraction of sp³-hybridized carbons (Fsp3) is 0.600. The molecule has 96 valence electrons. The molecule has 0 saturated heterocycles. The van der Waals surface area contributed by atoms with E-state index in [0.717, 1.165) is 13.0 Å². The van der Waals surface area contributed by atoms with Crippen LogP contribution in [0.4, 0.5) is 5.69 Å². The van der Waals surface area contributed by atoms with E-state index < -0.39 is 0 Å². The summed E-state index contributed by atoms with van der Waals surface area (Å²) in [5.74, 6) is 0. The molecule has 1 aromatic carbocycles. The Bertz CT molecular complexity index is 327. The third-order valence-electron chi connectivity index (χ3n) is 3.08. The van der Waals surface area contributed by atoms with Gasteiger partial charge in [-0.15, -0.1) is 0 Å². The van der Waals surface area contributed by atoms with Crippen molar-refractivity contribution < 1.29 is 0 Å². The van der Waals surface area contributed by atoms with Gasteiger partial charge in [0.1, 0.15) is 0 Å². The zero-order valence-corrected chi connectivity index (χ0v) is 11.7. The molecule has 2 N–H and O–H groups in total. The first kappa shape index (κ1) is 14.0. The van der Waals surface area contributed by atoms with E-state index in [1.807, 2.05) is 0 Å². The third-order valence-corrected chi connectivity index (χ3v) is 3.08.